The molecule has 0 radical (unpaired) electrons. The summed E-state index contributed by atoms with van der Waals surface area (Å²) in [6, 6.07) is 40.2. The molecule has 12 aromatic carbocycles. The fraction of sp³-hybridized carbons (Fsp3) is 0.182. The molecule has 20 heteroatoms. The van der Waals surface area contributed by atoms with Crippen molar-refractivity contribution in [2.75, 3.05) is 19.6 Å². The van der Waals surface area contributed by atoms with Crippen LogP contribution >= 0.6 is 0 Å². The van der Waals surface area contributed by atoms with Gasteiger partial charge in [0.05, 0.1) is 67.8 Å². The van der Waals surface area contributed by atoms with Crippen LogP contribution in [0.3, 0.4) is 0 Å². The first-order valence-electron chi connectivity index (χ1n) is 34.6. The Morgan fingerprint density at radius 1 is 0.204 bits per heavy atom. The Morgan fingerprint density at radius 3 is 0.565 bits per heavy atom. The van der Waals surface area contributed by atoms with Crippen LogP contribution in [0, 0.1) is 148 Å². The number of anilines is 12. The van der Waals surface area contributed by atoms with Crippen LogP contribution in [0.2, 0.25) is 0 Å². The molecule has 16 rings (SSSR count). The van der Waals surface area contributed by atoms with E-state index in [9.17, 15) is 0 Å². The molecule has 4 aliphatic rings. The SMILES string of the molecule is Cc1cccc2c1Cc1c(C)cccc1N2c1c(F)c(F)c(-c2c(F)c(F)c(N3c4cccc(C)c4Cc4c(C)cccc43)c(F)c2F)c(F)c1F.Cc1cccc2c1N(c1c(F)c(F)c(-c3c(F)c(F)c(N4c5c(C)cccc5C(C)(C)c5cccc(C)c54)c(F)c3F)c(F)c1F)c1c(C)cccc1C2(C)C. The Morgan fingerprint density at radius 2 is 0.370 bits per heavy atom. The van der Waals surface area contributed by atoms with Gasteiger partial charge >= 0.3 is 0 Å². The van der Waals surface area contributed by atoms with Gasteiger partial charge in [0.15, 0.2) is 93.1 Å². The molecule has 0 unspecified atom stereocenters. The molecule has 4 nitrogen and oxygen atoms in total. The number of rotatable bonds is 6. The second-order valence-electron chi connectivity index (χ2n) is 29.0. The summed E-state index contributed by atoms with van der Waals surface area (Å²) in [5, 5.41) is 0. The van der Waals surface area contributed by atoms with E-state index in [1.807, 2.05) is 27.7 Å². The molecule has 108 heavy (non-hydrogen) atoms. The van der Waals surface area contributed by atoms with Crippen molar-refractivity contribution in [2.45, 2.75) is 107 Å². The Kier molecular flexibility index (Phi) is 17.2. The molecule has 12 aromatic rings. The van der Waals surface area contributed by atoms with Crippen molar-refractivity contribution in [3.8, 4) is 22.3 Å². The molecule has 0 aliphatic carbocycles. The van der Waals surface area contributed by atoms with Crippen LogP contribution in [-0.2, 0) is 23.7 Å². The van der Waals surface area contributed by atoms with Gasteiger partial charge in [-0.1, -0.05) is 149 Å². The largest absolute Gasteiger partial charge is 0.304 e. The lowest BCUT2D eigenvalue weighted by Gasteiger charge is -2.44. The van der Waals surface area contributed by atoms with Crippen LogP contribution in [0.5, 0.6) is 0 Å². The van der Waals surface area contributed by atoms with Gasteiger partial charge in [-0.2, -0.15) is 0 Å². The highest BCUT2D eigenvalue weighted by Crippen LogP contribution is 2.60. The number of benzene rings is 12. The minimum Gasteiger partial charge on any atom is -0.304 e. The van der Waals surface area contributed by atoms with E-state index in [2.05, 4.69) is 0 Å². The van der Waals surface area contributed by atoms with Crippen LogP contribution in [0.15, 0.2) is 146 Å². The number of hydrogen-bond acceptors (Lipinski definition) is 4. The molecular weight excluding hydrogens is 1420 g/mol. The van der Waals surface area contributed by atoms with Crippen molar-refractivity contribution >= 4 is 68.2 Å². The monoisotopic (exact) mass is 1480 g/mol. The first-order valence-corrected chi connectivity index (χ1v) is 34.6. The van der Waals surface area contributed by atoms with Gasteiger partial charge < -0.3 is 19.6 Å². The average molecular weight is 1480 g/mol. The van der Waals surface area contributed by atoms with E-state index in [1.54, 1.807) is 177 Å². The van der Waals surface area contributed by atoms with E-state index in [4.69, 9.17) is 0 Å². The highest BCUT2D eigenvalue weighted by atomic mass is 19.2. The van der Waals surface area contributed by atoms with Gasteiger partial charge in [-0.3, -0.25) is 0 Å². The van der Waals surface area contributed by atoms with Gasteiger partial charge in [0.1, 0.15) is 22.7 Å². The summed E-state index contributed by atoms with van der Waals surface area (Å²) in [7, 11) is 0. The normalized spacial score (nSPS) is 14.1. The van der Waals surface area contributed by atoms with E-state index in [-0.39, 0.29) is 45.5 Å². The van der Waals surface area contributed by atoms with Gasteiger partial charge in [-0.05, 0) is 169 Å². The predicted octanol–water partition coefficient (Wildman–Crippen LogP) is 26.4. The first kappa shape index (κ1) is 72.3. The number of hydrogen-bond donors (Lipinski definition) is 0. The lowest BCUT2D eigenvalue weighted by molar-refractivity contribution is 0.444. The molecule has 0 amide bonds. The minimum absolute atomic E-state index is 0.230. The Bertz CT molecular complexity index is 5250. The maximum absolute atomic E-state index is 16.7. The summed E-state index contributed by atoms with van der Waals surface area (Å²) in [4.78, 5) is 4.16. The molecule has 4 heterocycles. The molecule has 0 atom stereocenters. The second kappa shape index (κ2) is 25.7. The van der Waals surface area contributed by atoms with Crippen LogP contribution in [0.4, 0.5) is 138 Å². The van der Waals surface area contributed by atoms with Crippen molar-refractivity contribution in [3.05, 3.63) is 328 Å². The Labute approximate surface area is 612 Å². The third-order valence-corrected chi connectivity index (χ3v) is 22.1. The van der Waals surface area contributed by atoms with Crippen molar-refractivity contribution in [1.82, 2.24) is 0 Å². The Balaban J connectivity index is 0.000000173. The van der Waals surface area contributed by atoms with Gasteiger partial charge in [-0.15, -0.1) is 0 Å². The fourth-order valence-corrected chi connectivity index (χ4v) is 16.5. The third-order valence-electron chi connectivity index (χ3n) is 22.1. The summed E-state index contributed by atoms with van der Waals surface area (Å²) in [6.07, 6.45) is 0.721. The molecule has 0 saturated carbocycles. The number of para-hydroxylation sites is 4. The molecule has 4 aliphatic heterocycles. The highest BCUT2D eigenvalue weighted by Gasteiger charge is 2.47. The molecule has 0 saturated heterocycles. The van der Waals surface area contributed by atoms with Gasteiger partial charge in [0, 0.05) is 23.7 Å². The molecule has 0 fully saturated rings. The van der Waals surface area contributed by atoms with Crippen LogP contribution in [0.1, 0.15) is 117 Å². The minimum atomic E-state index is -2.24. The van der Waals surface area contributed by atoms with Crippen molar-refractivity contribution in [2.24, 2.45) is 0 Å². The quantitative estimate of drug-likeness (QED) is 0.121. The zero-order valence-corrected chi connectivity index (χ0v) is 60.1. The van der Waals surface area contributed by atoms with Gasteiger partial charge in [0.25, 0.3) is 0 Å². The molecule has 0 aromatic heterocycles. The number of halogens is 16. The molecule has 0 bridgehead atoms. The van der Waals surface area contributed by atoms with Gasteiger partial charge in [-0.25, -0.2) is 70.2 Å². The lowest BCUT2D eigenvalue weighted by Crippen LogP contribution is -2.33. The van der Waals surface area contributed by atoms with E-state index < -0.39 is 149 Å². The van der Waals surface area contributed by atoms with E-state index in [0.29, 0.717) is 79.6 Å². The van der Waals surface area contributed by atoms with E-state index in [0.717, 1.165) is 41.9 Å². The maximum atomic E-state index is 16.7. The van der Waals surface area contributed by atoms with Crippen LogP contribution in [-0.4, -0.2) is 0 Å². The fourth-order valence-electron chi connectivity index (χ4n) is 16.5. The smallest absolute Gasteiger partial charge is 0.186 e. The predicted molar refractivity (Wildman–Crippen MR) is 390 cm³/mol. The summed E-state index contributed by atoms with van der Waals surface area (Å²) in [5.74, 6) is -34.0. The summed E-state index contributed by atoms with van der Waals surface area (Å²) < 4.78 is 263. The summed E-state index contributed by atoms with van der Waals surface area (Å²) in [5.41, 5.74) is -2.08. The zero-order chi connectivity index (χ0) is 77.4. The zero-order valence-electron chi connectivity index (χ0n) is 60.1. The Hall–Kier alpha value is -11.3. The molecule has 0 N–H and O–H groups in total. The summed E-state index contributed by atoms with van der Waals surface area (Å²) in [6.45, 7) is 21.4. The first-order chi connectivity index (χ1) is 51.2. The van der Waals surface area contributed by atoms with Crippen molar-refractivity contribution in [3.63, 3.8) is 0 Å². The van der Waals surface area contributed by atoms with Gasteiger partial charge in [0.2, 0.25) is 0 Å². The third kappa shape index (κ3) is 10.3. The molecule has 0 spiro atoms. The van der Waals surface area contributed by atoms with Crippen LogP contribution in [0.25, 0.3) is 22.3 Å². The summed E-state index contributed by atoms with van der Waals surface area (Å²) >= 11 is 0. The number of nitrogens with zero attached hydrogens (tertiary/aromatic N) is 4. The maximum Gasteiger partial charge on any atom is 0.186 e. The second-order valence-corrected chi connectivity index (χ2v) is 29.0. The topological polar surface area (TPSA) is 13.0 Å². The van der Waals surface area contributed by atoms with Crippen LogP contribution < -0.4 is 19.6 Å². The number of fused-ring (bicyclic) bond motifs is 8. The lowest BCUT2D eigenvalue weighted by atomic mass is 9.72. The standard InChI is InChI=1S/C46H36F8N2.C42H28F8N2/c1-21-13-9-17-25-39(21)55(40-22(2)14-10-18-26(40)45(25,5)6)43-35(51)31(47)29(32(48)36(43)52)30-33(49)37(53)44(38(54)34(30)50)56-41-23(3)15-11-19-27(41)46(7,8)28-20-12-16-24(4)42(28)56;1-19-9-5-13-27-23(19)17-24-20(2)10-6-14-28(24)51(27)41-37(47)33(43)31(34(44)38(41)48)32-35(45)39(49)42(40(50)36(32)46)52-29-15-7-11-21(3)25(29)18-26-22(4)12-8-16-30(26)52/h9-20H,1-8H3;5-16H,17-18H2,1-4H3. The van der Waals surface area contributed by atoms with Crippen molar-refractivity contribution < 1.29 is 70.2 Å². The van der Waals surface area contributed by atoms with E-state index in [1.165, 1.54) is 24.3 Å². The van der Waals surface area contributed by atoms with Crippen molar-refractivity contribution in [1.29, 1.82) is 0 Å². The molecule has 548 valence electrons. The molecular formula is C88H64F16N4. The number of aryl methyl sites for hydroxylation is 8. The average Bonchev–Trinajstić information content (AvgIpc) is 0.712. The highest BCUT2D eigenvalue weighted by molar-refractivity contribution is 5.94. The van der Waals surface area contributed by atoms with E-state index >= 15 is 70.2 Å².